The van der Waals surface area contributed by atoms with Crippen molar-refractivity contribution in [3.05, 3.63) is 29.8 Å². The Morgan fingerprint density at radius 3 is 2.41 bits per heavy atom. The van der Waals surface area contributed by atoms with Crippen molar-refractivity contribution in [2.45, 2.75) is 39.5 Å². The van der Waals surface area contributed by atoms with Gasteiger partial charge in [-0.2, -0.15) is 0 Å². The molecule has 0 bridgehead atoms. The molecule has 0 radical (unpaired) electrons. The molecular weight excluding hydrogens is 208 g/mol. The van der Waals surface area contributed by atoms with E-state index in [2.05, 4.69) is 34.9 Å². The summed E-state index contributed by atoms with van der Waals surface area (Å²) in [6.07, 6.45) is 2.55. The lowest BCUT2D eigenvalue weighted by atomic mass is 9.75. The van der Waals surface area contributed by atoms with Crippen LogP contribution in [0.5, 0.6) is 0 Å². The van der Waals surface area contributed by atoms with Gasteiger partial charge in [0.1, 0.15) is 0 Å². The first-order valence-corrected chi connectivity index (χ1v) is 6.45. The van der Waals surface area contributed by atoms with Crippen molar-refractivity contribution in [3.63, 3.8) is 0 Å². The fourth-order valence-corrected chi connectivity index (χ4v) is 2.81. The average Bonchev–Trinajstić information content (AvgIpc) is 2.73. The van der Waals surface area contributed by atoms with E-state index in [-0.39, 0.29) is 7.43 Å². The minimum absolute atomic E-state index is 0. The minimum Gasteiger partial charge on any atom is -0.384 e. The van der Waals surface area contributed by atoms with Crippen LogP contribution in [-0.2, 0) is 5.41 Å². The van der Waals surface area contributed by atoms with Crippen molar-refractivity contribution >= 4 is 5.69 Å². The van der Waals surface area contributed by atoms with Gasteiger partial charge in [-0.1, -0.05) is 39.5 Å². The second-order valence-electron chi connectivity index (χ2n) is 4.43. The quantitative estimate of drug-likeness (QED) is 0.719. The van der Waals surface area contributed by atoms with E-state index in [1.165, 1.54) is 18.5 Å². The maximum Gasteiger partial charge on any atom is 0.0379 e. The molecule has 1 spiro atoms. The van der Waals surface area contributed by atoms with Crippen LogP contribution < -0.4 is 10.6 Å². The molecule has 2 heterocycles. The summed E-state index contributed by atoms with van der Waals surface area (Å²) in [6.45, 7) is 7.46. The molecule has 1 aromatic rings. The number of piperidine rings is 1. The van der Waals surface area contributed by atoms with E-state index in [4.69, 9.17) is 0 Å². The largest absolute Gasteiger partial charge is 0.384 e. The summed E-state index contributed by atoms with van der Waals surface area (Å²) in [5.74, 6) is 0. The molecule has 2 aliphatic heterocycles. The molecule has 1 saturated heterocycles. The molecular formula is C15H26N2. The van der Waals surface area contributed by atoms with Gasteiger partial charge in [0, 0.05) is 17.6 Å². The molecule has 96 valence electrons. The Bertz CT molecular complexity index is 335. The van der Waals surface area contributed by atoms with Crippen LogP contribution in [0.4, 0.5) is 5.69 Å². The SMILES string of the molecule is C.CC.c1ccc2c(c1)NCC21CCNCC1. The number of anilines is 1. The van der Waals surface area contributed by atoms with Crippen LogP contribution >= 0.6 is 0 Å². The Labute approximate surface area is 106 Å². The fourth-order valence-electron chi connectivity index (χ4n) is 2.81. The zero-order valence-electron chi connectivity index (χ0n) is 10.3. The number of benzene rings is 1. The monoisotopic (exact) mass is 234 g/mol. The Balaban J connectivity index is 0.000000459. The van der Waals surface area contributed by atoms with Crippen LogP contribution in [-0.4, -0.2) is 19.6 Å². The highest BCUT2D eigenvalue weighted by atomic mass is 15.0. The summed E-state index contributed by atoms with van der Waals surface area (Å²) in [6, 6.07) is 8.77. The summed E-state index contributed by atoms with van der Waals surface area (Å²) in [5, 5.41) is 6.97. The highest BCUT2D eigenvalue weighted by Gasteiger charge is 2.39. The zero-order valence-corrected chi connectivity index (χ0v) is 10.3. The molecule has 0 unspecified atom stereocenters. The standard InChI is InChI=1S/C12H16N2.C2H6.CH4/c1-2-4-11-10(3-1)12(9-14-11)5-7-13-8-6-12;1-2;/h1-4,13-14H,5-9H2;1-2H3;1H4. The van der Waals surface area contributed by atoms with Crippen LogP contribution in [0.15, 0.2) is 24.3 Å². The van der Waals surface area contributed by atoms with Crippen molar-refractivity contribution in [1.29, 1.82) is 0 Å². The van der Waals surface area contributed by atoms with Crippen LogP contribution in [0, 0.1) is 0 Å². The first-order valence-electron chi connectivity index (χ1n) is 6.45. The molecule has 0 atom stereocenters. The molecule has 2 N–H and O–H groups in total. The molecule has 3 rings (SSSR count). The first kappa shape index (κ1) is 14.0. The topological polar surface area (TPSA) is 24.1 Å². The highest BCUT2D eigenvalue weighted by molar-refractivity contribution is 5.60. The Morgan fingerprint density at radius 2 is 1.71 bits per heavy atom. The normalized spacial score (nSPS) is 19.4. The first-order chi connectivity index (χ1) is 7.91. The van der Waals surface area contributed by atoms with Gasteiger partial charge in [-0.15, -0.1) is 0 Å². The molecule has 0 amide bonds. The van der Waals surface area contributed by atoms with E-state index in [9.17, 15) is 0 Å². The molecule has 2 aliphatic rings. The summed E-state index contributed by atoms with van der Waals surface area (Å²) < 4.78 is 0. The Hall–Kier alpha value is -1.02. The lowest BCUT2D eigenvalue weighted by Gasteiger charge is -2.33. The molecule has 1 aromatic carbocycles. The van der Waals surface area contributed by atoms with Crippen LogP contribution in [0.3, 0.4) is 0 Å². The van der Waals surface area contributed by atoms with Gasteiger partial charge in [-0.25, -0.2) is 0 Å². The van der Waals surface area contributed by atoms with Gasteiger partial charge >= 0.3 is 0 Å². The number of hydrogen-bond donors (Lipinski definition) is 2. The molecule has 0 aromatic heterocycles. The van der Waals surface area contributed by atoms with Crippen LogP contribution in [0.1, 0.15) is 39.7 Å². The molecule has 2 nitrogen and oxygen atoms in total. The lowest BCUT2D eigenvalue weighted by molar-refractivity contribution is 0.335. The summed E-state index contributed by atoms with van der Waals surface area (Å²) in [7, 11) is 0. The summed E-state index contributed by atoms with van der Waals surface area (Å²) in [5.41, 5.74) is 3.33. The molecule has 17 heavy (non-hydrogen) atoms. The summed E-state index contributed by atoms with van der Waals surface area (Å²) >= 11 is 0. The fraction of sp³-hybridized carbons (Fsp3) is 0.600. The predicted octanol–water partition coefficient (Wildman–Crippen LogP) is 3.40. The number of hydrogen-bond acceptors (Lipinski definition) is 2. The maximum absolute atomic E-state index is 3.53. The molecule has 1 fully saturated rings. The van der Waals surface area contributed by atoms with E-state index in [0.29, 0.717) is 5.41 Å². The van der Waals surface area contributed by atoms with Gasteiger partial charge in [0.05, 0.1) is 0 Å². The van der Waals surface area contributed by atoms with Crippen LogP contribution in [0.2, 0.25) is 0 Å². The predicted molar refractivity (Wildman–Crippen MR) is 76.8 cm³/mol. The highest BCUT2D eigenvalue weighted by Crippen LogP contribution is 2.42. The Kier molecular flexibility index (Phi) is 5.01. The molecule has 2 heteroatoms. The second-order valence-corrected chi connectivity index (χ2v) is 4.43. The minimum atomic E-state index is 0. The molecule has 0 aliphatic carbocycles. The third kappa shape index (κ3) is 2.47. The second kappa shape index (κ2) is 6.06. The van der Waals surface area contributed by atoms with Gasteiger partial charge in [-0.3, -0.25) is 0 Å². The number of fused-ring (bicyclic) bond motifs is 2. The van der Waals surface area contributed by atoms with Crippen molar-refractivity contribution in [1.82, 2.24) is 5.32 Å². The number of para-hydroxylation sites is 1. The smallest absolute Gasteiger partial charge is 0.0379 e. The lowest BCUT2D eigenvalue weighted by Crippen LogP contribution is -2.41. The van der Waals surface area contributed by atoms with Crippen molar-refractivity contribution < 1.29 is 0 Å². The maximum atomic E-state index is 3.53. The summed E-state index contributed by atoms with van der Waals surface area (Å²) in [4.78, 5) is 0. The number of rotatable bonds is 0. The van der Waals surface area contributed by atoms with Crippen molar-refractivity contribution in [3.8, 4) is 0 Å². The van der Waals surface area contributed by atoms with Crippen molar-refractivity contribution in [2.75, 3.05) is 25.0 Å². The Morgan fingerprint density at radius 1 is 1.06 bits per heavy atom. The van der Waals surface area contributed by atoms with E-state index < -0.39 is 0 Å². The van der Waals surface area contributed by atoms with E-state index in [0.717, 1.165) is 19.6 Å². The van der Waals surface area contributed by atoms with E-state index >= 15 is 0 Å². The van der Waals surface area contributed by atoms with E-state index in [1.54, 1.807) is 5.56 Å². The van der Waals surface area contributed by atoms with Gasteiger partial charge in [0.15, 0.2) is 0 Å². The van der Waals surface area contributed by atoms with Gasteiger partial charge in [-0.05, 0) is 37.6 Å². The zero-order chi connectivity index (χ0) is 11.4. The van der Waals surface area contributed by atoms with E-state index in [1.807, 2.05) is 13.8 Å². The van der Waals surface area contributed by atoms with Gasteiger partial charge in [0.2, 0.25) is 0 Å². The van der Waals surface area contributed by atoms with Crippen molar-refractivity contribution in [2.24, 2.45) is 0 Å². The van der Waals surface area contributed by atoms with Crippen LogP contribution in [0.25, 0.3) is 0 Å². The average molecular weight is 234 g/mol. The van der Waals surface area contributed by atoms with Gasteiger partial charge in [0.25, 0.3) is 0 Å². The number of nitrogens with one attached hydrogen (secondary N) is 2. The third-order valence-corrected chi connectivity index (χ3v) is 3.68. The van der Waals surface area contributed by atoms with Gasteiger partial charge < -0.3 is 10.6 Å². The molecule has 0 saturated carbocycles. The third-order valence-electron chi connectivity index (χ3n) is 3.68.